The first kappa shape index (κ1) is 20.2. The molecule has 1 amide bonds. The van der Waals surface area contributed by atoms with Crippen LogP contribution in [0, 0.1) is 23.3 Å². The lowest BCUT2D eigenvalue weighted by molar-refractivity contribution is 0.0669. The molecule has 0 aliphatic carbocycles. The average molecular weight is 443 g/mol. The molecule has 1 N–H and O–H groups in total. The van der Waals surface area contributed by atoms with E-state index in [1.54, 1.807) is 18.9 Å². The van der Waals surface area contributed by atoms with Crippen LogP contribution in [-0.4, -0.2) is 37.3 Å². The first-order valence-corrected chi connectivity index (χ1v) is 9.91. The highest BCUT2D eigenvalue weighted by molar-refractivity contribution is 6.04. The molecule has 5 rings (SSSR count). The fourth-order valence-electron chi connectivity index (χ4n) is 4.37. The zero-order chi connectivity index (χ0) is 22.7. The van der Waals surface area contributed by atoms with E-state index in [0.29, 0.717) is 35.3 Å². The van der Waals surface area contributed by atoms with Gasteiger partial charge in [-0.05, 0) is 43.7 Å². The van der Waals surface area contributed by atoms with Crippen LogP contribution >= 0.6 is 0 Å². The van der Waals surface area contributed by atoms with Crippen molar-refractivity contribution in [3.8, 4) is 11.3 Å². The van der Waals surface area contributed by atoms with E-state index in [1.807, 2.05) is 0 Å². The van der Waals surface area contributed by atoms with E-state index in [1.165, 1.54) is 22.9 Å². The van der Waals surface area contributed by atoms with Crippen LogP contribution in [0.25, 0.3) is 22.2 Å². The van der Waals surface area contributed by atoms with Gasteiger partial charge in [-0.3, -0.25) is 14.6 Å². The summed E-state index contributed by atoms with van der Waals surface area (Å²) >= 11 is 0. The molecule has 0 unspecified atom stereocenters. The third kappa shape index (κ3) is 2.97. The Labute approximate surface area is 179 Å². The van der Waals surface area contributed by atoms with Crippen LogP contribution in [0.1, 0.15) is 34.7 Å². The Balaban J connectivity index is 1.52. The van der Waals surface area contributed by atoms with E-state index in [4.69, 9.17) is 0 Å². The summed E-state index contributed by atoms with van der Waals surface area (Å²) in [4.78, 5) is 14.8. The van der Waals surface area contributed by atoms with E-state index in [2.05, 4.69) is 15.3 Å². The van der Waals surface area contributed by atoms with E-state index >= 15 is 0 Å². The first-order chi connectivity index (χ1) is 15.3. The highest BCUT2D eigenvalue weighted by Gasteiger charge is 2.35. The fraction of sp³-hybridized carbons (Fsp3) is 0.227. The maximum absolute atomic E-state index is 13.8. The maximum Gasteiger partial charge on any atom is 0.275 e. The van der Waals surface area contributed by atoms with E-state index in [9.17, 15) is 22.4 Å². The van der Waals surface area contributed by atoms with E-state index in [0.717, 1.165) is 17.7 Å². The van der Waals surface area contributed by atoms with Crippen molar-refractivity contribution in [1.82, 2.24) is 24.9 Å². The van der Waals surface area contributed by atoms with Crippen LogP contribution in [0.3, 0.4) is 0 Å². The Bertz CT molecular complexity index is 1370. The summed E-state index contributed by atoms with van der Waals surface area (Å²) in [5.41, 5.74) is 2.55. The van der Waals surface area contributed by atoms with Gasteiger partial charge in [0.1, 0.15) is 5.82 Å². The Morgan fingerprint density at radius 3 is 2.56 bits per heavy atom. The van der Waals surface area contributed by atoms with Crippen molar-refractivity contribution in [3.05, 3.63) is 70.6 Å². The number of rotatable bonds is 2. The quantitative estimate of drug-likeness (QED) is 0.372. The second kappa shape index (κ2) is 7.18. The normalized spacial score (nSPS) is 15.9. The lowest BCUT2D eigenvalue weighted by Gasteiger charge is -2.32. The van der Waals surface area contributed by atoms with Gasteiger partial charge in [-0.25, -0.2) is 17.6 Å². The Hall–Kier alpha value is -3.69. The summed E-state index contributed by atoms with van der Waals surface area (Å²) in [7, 11) is 1.63. The van der Waals surface area contributed by atoms with Crippen molar-refractivity contribution >= 4 is 16.8 Å². The highest BCUT2D eigenvalue weighted by atomic mass is 19.2. The van der Waals surface area contributed by atoms with Gasteiger partial charge in [-0.15, -0.1) is 0 Å². The number of hydrogen-bond donors (Lipinski definition) is 1. The van der Waals surface area contributed by atoms with Crippen molar-refractivity contribution in [2.75, 3.05) is 6.54 Å². The van der Waals surface area contributed by atoms with Gasteiger partial charge in [0.25, 0.3) is 5.91 Å². The van der Waals surface area contributed by atoms with Crippen LogP contribution in [-0.2, 0) is 13.5 Å². The van der Waals surface area contributed by atoms with Gasteiger partial charge in [-0.2, -0.15) is 10.2 Å². The topological polar surface area (TPSA) is 66.8 Å². The first-order valence-electron chi connectivity index (χ1n) is 9.91. The van der Waals surface area contributed by atoms with Gasteiger partial charge in [0.2, 0.25) is 0 Å². The van der Waals surface area contributed by atoms with Gasteiger partial charge < -0.3 is 4.90 Å². The number of carbonyl (C=O) groups excluding carboxylic acids is 1. The number of hydrogen-bond acceptors (Lipinski definition) is 3. The van der Waals surface area contributed by atoms with Crippen molar-refractivity contribution in [1.29, 1.82) is 0 Å². The number of aromatic nitrogens is 4. The minimum Gasteiger partial charge on any atom is -0.328 e. The summed E-state index contributed by atoms with van der Waals surface area (Å²) < 4.78 is 56.0. The number of aryl methyl sites for hydroxylation is 1. The number of aromatic amines is 1. The lowest BCUT2D eigenvalue weighted by Crippen LogP contribution is -2.39. The molecule has 1 atom stereocenters. The van der Waals surface area contributed by atoms with E-state index < -0.39 is 29.3 Å². The predicted octanol–water partition coefficient (Wildman–Crippen LogP) is 4.28. The molecule has 164 valence electrons. The molecule has 6 nitrogen and oxygen atoms in total. The summed E-state index contributed by atoms with van der Waals surface area (Å²) in [6.07, 6.45) is 0.381. The van der Waals surface area contributed by atoms with Crippen LogP contribution in [0.15, 0.2) is 30.3 Å². The molecule has 2 aromatic carbocycles. The zero-order valence-corrected chi connectivity index (χ0v) is 17.1. The number of carbonyl (C=O) groups is 1. The minimum absolute atomic E-state index is 0.171. The SMILES string of the molecule is C[C@H]1c2nn(C)c(-c3cc(F)c(F)c(F)c3)c2CCN1C(=O)c1n[nH]c2cc(F)ccc12. The second-order valence-electron chi connectivity index (χ2n) is 7.78. The summed E-state index contributed by atoms with van der Waals surface area (Å²) in [6.45, 7) is 2.11. The minimum atomic E-state index is -1.53. The molecular formula is C22H17F4N5O. The Morgan fingerprint density at radius 2 is 1.84 bits per heavy atom. The molecule has 0 bridgehead atoms. The predicted molar refractivity (Wildman–Crippen MR) is 108 cm³/mol. The summed E-state index contributed by atoms with van der Waals surface area (Å²) in [6, 6.07) is 5.45. The average Bonchev–Trinajstić information content (AvgIpc) is 3.32. The second-order valence-corrected chi connectivity index (χ2v) is 7.78. The summed E-state index contributed by atoms with van der Waals surface area (Å²) in [5, 5.41) is 11.7. The van der Waals surface area contributed by atoms with Gasteiger partial charge >= 0.3 is 0 Å². The van der Waals surface area contributed by atoms with Crippen molar-refractivity contribution < 1.29 is 22.4 Å². The Kier molecular flexibility index (Phi) is 4.54. The highest BCUT2D eigenvalue weighted by Crippen LogP contribution is 2.37. The molecule has 0 radical (unpaired) electrons. The number of nitrogens with zero attached hydrogens (tertiary/aromatic N) is 4. The van der Waals surface area contributed by atoms with Gasteiger partial charge in [0.05, 0.1) is 22.9 Å². The molecule has 0 spiro atoms. The van der Waals surface area contributed by atoms with Crippen LogP contribution in [0.2, 0.25) is 0 Å². The number of fused-ring (bicyclic) bond motifs is 2. The molecule has 0 fully saturated rings. The summed E-state index contributed by atoms with van der Waals surface area (Å²) in [5.74, 6) is -4.87. The van der Waals surface area contributed by atoms with E-state index in [-0.39, 0.29) is 17.2 Å². The molecular weight excluding hydrogens is 426 g/mol. The van der Waals surface area contributed by atoms with Crippen LogP contribution in [0.4, 0.5) is 17.6 Å². The molecule has 4 aromatic rings. The molecule has 1 aliphatic rings. The largest absolute Gasteiger partial charge is 0.328 e. The molecule has 2 aromatic heterocycles. The molecule has 10 heteroatoms. The van der Waals surface area contributed by atoms with Crippen LogP contribution in [0.5, 0.6) is 0 Å². The van der Waals surface area contributed by atoms with Crippen molar-refractivity contribution in [2.24, 2.45) is 7.05 Å². The number of H-pyrrole nitrogens is 1. The fourth-order valence-corrected chi connectivity index (χ4v) is 4.37. The standard InChI is InChI=1S/C22H17F4N5O/c1-10-19-14(21(30(2)29-19)11-7-15(24)18(26)16(25)8-11)5-6-31(10)22(32)20-13-4-3-12(23)9-17(13)27-28-20/h3-4,7-10H,5-6H2,1-2H3,(H,27,28)/t10-/m0/s1. The third-order valence-corrected chi connectivity index (χ3v) is 5.89. The molecule has 3 heterocycles. The zero-order valence-electron chi connectivity index (χ0n) is 17.1. The van der Waals surface area contributed by atoms with Crippen LogP contribution < -0.4 is 0 Å². The number of benzene rings is 2. The van der Waals surface area contributed by atoms with Gasteiger partial charge in [0, 0.05) is 30.1 Å². The monoisotopic (exact) mass is 443 g/mol. The number of nitrogens with one attached hydrogen (secondary N) is 1. The molecule has 32 heavy (non-hydrogen) atoms. The number of amides is 1. The van der Waals surface area contributed by atoms with Gasteiger partial charge in [0.15, 0.2) is 23.1 Å². The van der Waals surface area contributed by atoms with Gasteiger partial charge in [-0.1, -0.05) is 0 Å². The maximum atomic E-state index is 13.8. The van der Waals surface area contributed by atoms with Crippen molar-refractivity contribution in [3.63, 3.8) is 0 Å². The van der Waals surface area contributed by atoms with Crippen molar-refractivity contribution in [2.45, 2.75) is 19.4 Å². The molecule has 0 saturated carbocycles. The molecule has 0 saturated heterocycles. The third-order valence-electron chi connectivity index (χ3n) is 5.89. The smallest absolute Gasteiger partial charge is 0.275 e. The molecule has 1 aliphatic heterocycles. The lowest BCUT2D eigenvalue weighted by atomic mass is 9.95. The number of halogens is 4. The Morgan fingerprint density at radius 1 is 1.12 bits per heavy atom.